The fourth-order valence-electron chi connectivity index (χ4n) is 2.01. The summed E-state index contributed by atoms with van der Waals surface area (Å²) in [7, 11) is 3.26. The van der Waals surface area contributed by atoms with Gasteiger partial charge in [-0.15, -0.1) is 0 Å². The third-order valence-electron chi connectivity index (χ3n) is 3.56. The normalized spacial score (nSPS) is 14.5. The van der Waals surface area contributed by atoms with Gasteiger partial charge in [0.2, 0.25) is 0 Å². The summed E-state index contributed by atoms with van der Waals surface area (Å²) >= 11 is 0. The van der Waals surface area contributed by atoms with E-state index in [0.29, 0.717) is 18.7 Å². The number of benzene rings is 1. The summed E-state index contributed by atoms with van der Waals surface area (Å²) < 4.78 is 23.9. The molecular weight excluding hydrogens is 273 g/mol. The maximum Gasteiger partial charge on any atom is 0.176 e. The van der Waals surface area contributed by atoms with Crippen molar-refractivity contribution in [2.24, 2.45) is 5.92 Å². The number of hydrogen-bond donors (Lipinski definition) is 0. The Kier molecular flexibility index (Phi) is 5.70. The molecule has 0 atom stereocenters. The van der Waals surface area contributed by atoms with E-state index in [9.17, 15) is 9.18 Å². The minimum Gasteiger partial charge on any atom is -0.494 e. The Morgan fingerprint density at radius 1 is 1.43 bits per heavy atom. The zero-order valence-electron chi connectivity index (χ0n) is 12.6. The second-order valence-corrected chi connectivity index (χ2v) is 5.53. The van der Waals surface area contributed by atoms with Crippen molar-refractivity contribution < 1.29 is 18.7 Å². The zero-order chi connectivity index (χ0) is 15.2. The summed E-state index contributed by atoms with van der Waals surface area (Å²) in [4.78, 5) is 14.0. The van der Waals surface area contributed by atoms with Gasteiger partial charge in [0.25, 0.3) is 0 Å². The van der Waals surface area contributed by atoms with Crippen molar-refractivity contribution in [2.75, 3.05) is 40.5 Å². The van der Waals surface area contributed by atoms with Crippen LogP contribution in [0.15, 0.2) is 18.2 Å². The molecule has 1 aliphatic rings. The Bertz CT molecular complexity index is 488. The highest BCUT2D eigenvalue weighted by Gasteiger charge is 2.21. The predicted octanol–water partition coefficient (Wildman–Crippen LogP) is 2.38. The molecule has 0 bridgehead atoms. The molecule has 1 saturated carbocycles. The average molecular weight is 295 g/mol. The van der Waals surface area contributed by atoms with Crippen molar-refractivity contribution in [3.8, 4) is 5.75 Å². The zero-order valence-corrected chi connectivity index (χ0v) is 12.6. The lowest BCUT2D eigenvalue weighted by Gasteiger charge is -2.16. The summed E-state index contributed by atoms with van der Waals surface area (Å²) in [6, 6.07) is 4.28. The maximum atomic E-state index is 13.6. The molecule has 0 unspecified atom stereocenters. The van der Waals surface area contributed by atoms with Gasteiger partial charge in [-0.3, -0.25) is 9.69 Å². The summed E-state index contributed by atoms with van der Waals surface area (Å²) in [6.45, 7) is 2.39. The van der Waals surface area contributed by atoms with Crippen molar-refractivity contribution in [3.63, 3.8) is 0 Å². The maximum absolute atomic E-state index is 13.6. The number of halogens is 1. The Balaban J connectivity index is 1.75. The molecule has 5 heteroatoms. The number of ketones is 1. The minimum absolute atomic E-state index is 0.110. The number of ether oxygens (including phenoxy) is 2. The fraction of sp³-hybridized carbons (Fsp3) is 0.562. The van der Waals surface area contributed by atoms with Gasteiger partial charge < -0.3 is 9.47 Å². The quantitative estimate of drug-likeness (QED) is 0.518. The van der Waals surface area contributed by atoms with Crippen LogP contribution >= 0.6 is 0 Å². The number of rotatable bonds is 9. The second kappa shape index (κ2) is 7.52. The lowest BCUT2D eigenvalue weighted by molar-refractivity contribution is 0.0860. The van der Waals surface area contributed by atoms with Crippen LogP contribution in [0.5, 0.6) is 5.75 Å². The third-order valence-corrected chi connectivity index (χ3v) is 3.56. The number of hydrogen-bond acceptors (Lipinski definition) is 4. The van der Waals surface area contributed by atoms with Gasteiger partial charge in [0, 0.05) is 18.7 Å². The summed E-state index contributed by atoms with van der Waals surface area (Å²) in [5.41, 5.74) is 0.360. The van der Waals surface area contributed by atoms with Crippen molar-refractivity contribution in [1.82, 2.24) is 4.90 Å². The number of carbonyl (C=O) groups is 1. The monoisotopic (exact) mass is 295 g/mol. The molecule has 0 aliphatic heterocycles. The van der Waals surface area contributed by atoms with Crippen LogP contribution in [0.2, 0.25) is 0 Å². The molecule has 1 fully saturated rings. The molecule has 0 saturated heterocycles. The molecular formula is C16H22FNO3. The Morgan fingerprint density at radius 3 is 2.81 bits per heavy atom. The van der Waals surface area contributed by atoms with Gasteiger partial charge in [-0.25, -0.2) is 4.39 Å². The molecule has 0 N–H and O–H groups in total. The molecule has 0 amide bonds. The van der Waals surface area contributed by atoms with Crippen LogP contribution in [-0.4, -0.2) is 51.1 Å². The van der Waals surface area contributed by atoms with E-state index in [-0.39, 0.29) is 18.1 Å². The molecule has 2 rings (SSSR count). The highest BCUT2D eigenvalue weighted by Crippen LogP contribution is 2.28. The SMILES string of the molecule is COc1ccc(C(=O)CN(C)CCOCC2CC2)cc1F. The van der Waals surface area contributed by atoms with Crippen LogP contribution in [0.3, 0.4) is 0 Å². The first-order valence-corrected chi connectivity index (χ1v) is 7.23. The first-order valence-electron chi connectivity index (χ1n) is 7.23. The van der Waals surface area contributed by atoms with Gasteiger partial charge >= 0.3 is 0 Å². The van der Waals surface area contributed by atoms with Crippen LogP contribution in [0.25, 0.3) is 0 Å². The van der Waals surface area contributed by atoms with E-state index in [0.717, 1.165) is 12.5 Å². The number of Topliss-reactive ketones (excluding diaryl/α,β-unsaturated/α-hetero) is 1. The molecule has 1 aromatic carbocycles. The number of nitrogens with zero attached hydrogens (tertiary/aromatic N) is 1. The highest BCUT2D eigenvalue weighted by molar-refractivity contribution is 5.97. The number of carbonyl (C=O) groups excluding carboxylic acids is 1. The van der Waals surface area contributed by atoms with Crippen molar-refractivity contribution in [1.29, 1.82) is 0 Å². The predicted molar refractivity (Wildman–Crippen MR) is 78.3 cm³/mol. The molecule has 0 radical (unpaired) electrons. The molecule has 0 spiro atoms. The van der Waals surface area contributed by atoms with E-state index in [1.165, 1.54) is 32.1 Å². The summed E-state index contributed by atoms with van der Waals surface area (Å²) in [5, 5.41) is 0. The van der Waals surface area contributed by atoms with Crippen LogP contribution in [0.4, 0.5) is 4.39 Å². The fourth-order valence-corrected chi connectivity index (χ4v) is 2.01. The van der Waals surface area contributed by atoms with Gasteiger partial charge in [0.1, 0.15) is 0 Å². The van der Waals surface area contributed by atoms with E-state index >= 15 is 0 Å². The lowest BCUT2D eigenvalue weighted by Crippen LogP contribution is -2.29. The number of likely N-dealkylation sites (N-methyl/N-ethyl adjacent to an activating group) is 1. The highest BCUT2D eigenvalue weighted by atomic mass is 19.1. The molecule has 1 aromatic rings. The molecule has 4 nitrogen and oxygen atoms in total. The van der Waals surface area contributed by atoms with Gasteiger partial charge in [0.15, 0.2) is 17.3 Å². The molecule has 1 aliphatic carbocycles. The van der Waals surface area contributed by atoms with Crippen LogP contribution in [0.1, 0.15) is 23.2 Å². The van der Waals surface area contributed by atoms with E-state index in [4.69, 9.17) is 9.47 Å². The Morgan fingerprint density at radius 2 is 2.19 bits per heavy atom. The van der Waals surface area contributed by atoms with E-state index in [1.54, 1.807) is 6.07 Å². The van der Waals surface area contributed by atoms with Gasteiger partial charge in [-0.1, -0.05) is 0 Å². The van der Waals surface area contributed by atoms with Crippen molar-refractivity contribution in [2.45, 2.75) is 12.8 Å². The lowest BCUT2D eigenvalue weighted by atomic mass is 10.1. The van der Waals surface area contributed by atoms with Crippen LogP contribution < -0.4 is 4.74 Å². The van der Waals surface area contributed by atoms with E-state index < -0.39 is 5.82 Å². The summed E-state index contributed by atoms with van der Waals surface area (Å²) in [5.74, 6) is 0.271. The van der Waals surface area contributed by atoms with E-state index in [1.807, 2.05) is 11.9 Å². The Hall–Kier alpha value is -1.46. The first kappa shape index (κ1) is 15.9. The number of methoxy groups -OCH3 is 1. The molecule has 116 valence electrons. The van der Waals surface area contributed by atoms with Gasteiger partial charge in [0.05, 0.1) is 20.3 Å². The topological polar surface area (TPSA) is 38.8 Å². The van der Waals surface area contributed by atoms with Gasteiger partial charge in [-0.2, -0.15) is 0 Å². The van der Waals surface area contributed by atoms with Crippen molar-refractivity contribution in [3.05, 3.63) is 29.6 Å². The first-order chi connectivity index (χ1) is 10.1. The second-order valence-electron chi connectivity index (χ2n) is 5.53. The van der Waals surface area contributed by atoms with Gasteiger partial charge in [-0.05, 0) is 44.0 Å². The molecule has 0 heterocycles. The van der Waals surface area contributed by atoms with E-state index in [2.05, 4.69) is 0 Å². The molecule has 21 heavy (non-hydrogen) atoms. The summed E-state index contributed by atoms with van der Waals surface area (Å²) in [6.07, 6.45) is 2.55. The van der Waals surface area contributed by atoms with Crippen molar-refractivity contribution >= 4 is 5.78 Å². The standard InChI is InChI=1S/C16H22FNO3/c1-18(7-8-21-11-12-3-4-12)10-15(19)13-5-6-16(20-2)14(17)9-13/h5-6,9,12H,3-4,7-8,10-11H2,1-2H3. The Labute approximate surface area is 124 Å². The smallest absolute Gasteiger partial charge is 0.176 e. The third kappa shape index (κ3) is 5.10. The largest absolute Gasteiger partial charge is 0.494 e. The van der Waals surface area contributed by atoms with Crippen LogP contribution in [0, 0.1) is 11.7 Å². The molecule has 0 aromatic heterocycles. The van der Waals surface area contributed by atoms with Crippen LogP contribution in [-0.2, 0) is 4.74 Å². The average Bonchev–Trinajstić information content (AvgIpc) is 3.27. The minimum atomic E-state index is -0.515.